The van der Waals surface area contributed by atoms with Crippen LogP contribution in [0.25, 0.3) is 5.95 Å². The topological polar surface area (TPSA) is 91.2 Å². The summed E-state index contributed by atoms with van der Waals surface area (Å²) in [6, 6.07) is 7.71. The number of aromatic nitrogens is 4. The Morgan fingerprint density at radius 2 is 1.97 bits per heavy atom. The van der Waals surface area contributed by atoms with Gasteiger partial charge in [-0.3, -0.25) is 4.79 Å². The minimum atomic E-state index is -0.133. The molecular formula is C23H25N5O3S. The lowest BCUT2D eigenvalue weighted by molar-refractivity contribution is -0.113. The molecule has 4 rings (SSSR count). The van der Waals surface area contributed by atoms with E-state index in [2.05, 4.69) is 21.9 Å². The van der Waals surface area contributed by atoms with Crippen molar-refractivity contribution in [3.8, 4) is 17.4 Å². The molecular weight excluding hydrogens is 426 g/mol. The van der Waals surface area contributed by atoms with Crippen LogP contribution in [0.15, 0.2) is 36.9 Å². The largest absolute Gasteiger partial charge is 0.493 e. The molecule has 1 unspecified atom stereocenters. The van der Waals surface area contributed by atoms with Crippen molar-refractivity contribution >= 4 is 23.5 Å². The van der Waals surface area contributed by atoms with Gasteiger partial charge in [-0.2, -0.15) is 9.78 Å². The Kier molecular flexibility index (Phi) is 6.18. The molecule has 32 heavy (non-hydrogen) atoms. The zero-order chi connectivity index (χ0) is 22.8. The monoisotopic (exact) mass is 451 g/mol. The van der Waals surface area contributed by atoms with E-state index in [0.717, 1.165) is 28.2 Å². The molecule has 0 aliphatic carbocycles. The van der Waals surface area contributed by atoms with Crippen LogP contribution in [0.5, 0.6) is 11.5 Å². The van der Waals surface area contributed by atoms with Gasteiger partial charge in [0.1, 0.15) is 12.4 Å². The molecule has 0 spiro atoms. The van der Waals surface area contributed by atoms with Crippen LogP contribution in [-0.4, -0.2) is 45.1 Å². The van der Waals surface area contributed by atoms with Crippen molar-refractivity contribution in [1.29, 1.82) is 0 Å². The van der Waals surface area contributed by atoms with E-state index in [4.69, 9.17) is 14.6 Å². The number of nitrogens with zero attached hydrogens (tertiary/aromatic N) is 4. The number of carbonyl (C=O) groups excluding carboxylic acids is 1. The average Bonchev–Trinajstić information content (AvgIpc) is 2.96. The summed E-state index contributed by atoms with van der Waals surface area (Å²) in [7, 11) is 1.61. The van der Waals surface area contributed by atoms with E-state index in [0.29, 0.717) is 35.6 Å². The van der Waals surface area contributed by atoms with E-state index in [9.17, 15) is 4.79 Å². The molecule has 0 bridgehead atoms. The van der Waals surface area contributed by atoms with E-state index in [-0.39, 0.29) is 11.2 Å². The fourth-order valence-corrected chi connectivity index (χ4v) is 4.89. The van der Waals surface area contributed by atoms with E-state index in [1.807, 2.05) is 45.0 Å². The van der Waals surface area contributed by atoms with Gasteiger partial charge >= 0.3 is 0 Å². The van der Waals surface area contributed by atoms with Crippen LogP contribution >= 0.6 is 11.8 Å². The first-order valence-electron chi connectivity index (χ1n) is 10.2. The number of nitrogens with one attached hydrogen (secondary N) is 1. The maximum Gasteiger partial charge on any atom is 0.252 e. The zero-order valence-electron chi connectivity index (χ0n) is 18.5. The highest BCUT2D eigenvalue weighted by molar-refractivity contribution is 8.00. The van der Waals surface area contributed by atoms with Crippen LogP contribution in [0.3, 0.4) is 0 Å². The molecule has 1 aliphatic rings. The number of anilines is 1. The third-order valence-electron chi connectivity index (χ3n) is 5.01. The summed E-state index contributed by atoms with van der Waals surface area (Å²) in [4.78, 5) is 21.6. The number of aryl methyl sites for hydroxylation is 3. The molecule has 2 aromatic heterocycles. The Labute approximate surface area is 191 Å². The highest BCUT2D eigenvalue weighted by atomic mass is 32.2. The third kappa shape index (κ3) is 4.20. The summed E-state index contributed by atoms with van der Waals surface area (Å²) in [5.41, 5.74) is 4.37. The lowest BCUT2D eigenvalue weighted by atomic mass is 10.0. The summed E-state index contributed by atoms with van der Waals surface area (Å²) >= 11 is 1.54. The molecule has 0 fully saturated rings. The van der Waals surface area contributed by atoms with Crippen molar-refractivity contribution in [3.05, 3.63) is 65.1 Å². The van der Waals surface area contributed by atoms with Gasteiger partial charge in [0.05, 0.1) is 23.8 Å². The van der Waals surface area contributed by atoms with Crippen LogP contribution in [-0.2, 0) is 4.79 Å². The second kappa shape index (κ2) is 9.04. The van der Waals surface area contributed by atoms with Gasteiger partial charge in [0.25, 0.3) is 5.95 Å². The predicted molar refractivity (Wildman–Crippen MR) is 125 cm³/mol. The number of fused-ring (bicyclic) bond motifs is 1. The number of ether oxygens (including phenoxy) is 2. The maximum absolute atomic E-state index is 12.6. The first-order chi connectivity index (χ1) is 15.4. The Morgan fingerprint density at radius 3 is 2.66 bits per heavy atom. The SMILES string of the molecule is C=CCOc1ccc(C2SCC(=O)Nc3c2c(C)nn3-c2nc(C)cc(C)n2)cc1OC. The van der Waals surface area contributed by atoms with Crippen molar-refractivity contribution in [2.75, 3.05) is 24.8 Å². The van der Waals surface area contributed by atoms with Crippen molar-refractivity contribution in [1.82, 2.24) is 19.7 Å². The Balaban J connectivity index is 1.83. The second-order valence-corrected chi connectivity index (χ2v) is 8.55. The van der Waals surface area contributed by atoms with Crippen LogP contribution in [0.2, 0.25) is 0 Å². The second-order valence-electron chi connectivity index (χ2n) is 7.46. The first-order valence-corrected chi connectivity index (χ1v) is 11.2. The van der Waals surface area contributed by atoms with Gasteiger partial charge in [-0.15, -0.1) is 11.8 Å². The number of rotatable bonds is 6. The van der Waals surface area contributed by atoms with Crippen LogP contribution < -0.4 is 14.8 Å². The summed E-state index contributed by atoms with van der Waals surface area (Å²) < 4.78 is 12.9. The number of thioether (sulfide) groups is 1. The van der Waals surface area contributed by atoms with Crippen molar-refractivity contribution in [2.24, 2.45) is 0 Å². The van der Waals surface area contributed by atoms with Gasteiger partial charge < -0.3 is 14.8 Å². The molecule has 0 saturated carbocycles. The number of hydrogen-bond donors (Lipinski definition) is 1. The van der Waals surface area contributed by atoms with Crippen LogP contribution in [0.4, 0.5) is 5.82 Å². The normalized spacial score (nSPS) is 15.5. The van der Waals surface area contributed by atoms with E-state index in [1.165, 1.54) is 0 Å². The summed E-state index contributed by atoms with van der Waals surface area (Å²) in [5.74, 6) is 2.51. The summed E-state index contributed by atoms with van der Waals surface area (Å²) in [5, 5.41) is 7.57. The van der Waals surface area contributed by atoms with Crippen molar-refractivity contribution < 1.29 is 14.3 Å². The summed E-state index contributed by atoms with van der Waals surface area (Å²) in [6.07, 6.45) is 1.69. The lowest BCUT2D eigenvalue weighted by Gasteiger charge is -2.18. The highest BCUT2D eigenvalue weighted by Gasteiger charge is 2.31. The van der Waals surface area contributed by atoms with Crippen molar-refractivity contribution in [2.45, 2.75) is 26.0 Å². The first kappa shape index (κ1) is 21.9. The minimum Gasteiger partial charge on any atom is -0.493 e. The Bertz CT molecular complexity index is 1170. The van der Waals surface area contributed by atoms with E-state index in [1.54, 1.807) is 29.6 Å². The molecule has 1 aromatic carbocycles. The lowest BCUT2D eigenvalue weighted by Crippen LogP contribution is -2.17. The van der Waals surface area contributed by atoms with Crippen LogP contribution in [0, 0.1) is 20.8 Å². The van der Waals surface area contributed by atoms with Crippen molar-refractivity contribution in [3.63, 3.8) is 0 Å². The fourth-order valence-electron chi connectivity index (χ4n) is 3.71. The van der Waals surface area contributed by atoms with E-state index >= 15 is 0 Å². The molecule has 1 amide bonds. The average molecular weight is 452 g/mol. The van der Waals surface area contributed by atoms with Gasteiger partial charge in [0.15, 0.2) is 11.5 Å². The van der Waals surface area contributed by atoms with Gasteiger partial charge in [-0.05, 0) is 44.5 Å². The molecule has 3 heterocycles. The molecule has 1 atom stereocenters. The smallest absolute Gasteiger partial charge is 0.252 e. The molecule has 166 valence electrons. The number of hydrogen-bond acceptors (Lipinski definition) is 7. The molecule has 3 aromatic rings. The van der Waals surface area contributed by atoms with Gasteiger partial charge in [-0.1, -0.05) is 18.7 Å². The van der Waals surface area contributed by atoms with Gasteiger partial charge in [-0.25, -0.2) is 9.97 Å². The Morgan fingerprint density at radius 1 is 1.22 bits per heavy atom. The fraction of sp³-hybridized carbons (Fsp3) is 0.304. The standard InChI is InChI=1S/C23H25N5O3S/c1-6-9-31-17-8-7-16(11-18(17)30-5)21-20-15(4)27-28(22(20)26-19(29)12-32-21)23-24-13(2)10-14(3)25-23/h6-8,10-11,21H,1,9,12H2,2-5H3,(H,26,29). The highest BCUT2D eigenvalue weighted by Crippen LogP contribution is 2.45. The molecule has 9 heteroatoms. The summed E-state index contributed by atoms with van der Waals surface area (Å²) in [6.45, 7) is 9.82. The van der Waals surface area contributed by atoms with Gasteiger partial charge in [0.2, 0.25) is 5.91 Å². The number of amides is 1. The number of methoxy groups -OCH3 is 1. The number of benzene rings is 1. The molecule has 0 saturated heterocycles. The predicted octanol–water partition coefficient (Wildman–Crippen LogP) is 3.94. The van der Waals surface area contributed by atoms with E-state index < -0.39 is 0 Å². The maximum atomic E-state index is 12.6. The molecule has 1 N–H and O–H groups in total. The molecule has 0 radical (unpaired) electrons. The molecule has 1 aliphatic heterocycles. The third-order valence-corrected chi connectivity index (χ3v) is 6.28. The quantitative estimate of drug-likeness (QED) is 0.568. The Hall–Kier alpha value is -3.33. The van der Waals surface area contributed by atoms with Gasteiger partial charge in [0, 0.05) is 17.0 Å². The zero-order valence-corrected chi connectivity index (χ0v) is 19.3. The minimum absolute atomic E-state index is 0.0952. The molecule has 8 nitrogen and oxygen atoms in total. The van der Waals surface area contributed by atoms with Crippen LogP contribution in [0.1, 0.15) is 33.5 Å². The number of carbonyl (C=O) groups is 1.